The fraction of sp³-hybridized carbons (Fsp3) is 0.400. The Morgan fingerprint density at radius 3 is 2.78 bits per heavy atom. The van der Waals surface area contributed by atoms with Crippen LogP contribution in [0.2, 0.25) is 0 Å². The van der Waals surface area contributed by atoms with Gasteiger partial charge in [-0.2, -0.15) is 0 Å². The first kappa shape index (κ1) is 11.6. The van der Waals surface area contributed by atoms with Gasteiger partial charge in [-0.15, -0.1) is 0 Å². The molecule has 0 fully saturated rings. The average molecular weight is 241 g/mol. The molecule has 1 aliphatic rings. The number of para-hydroxylation sites is 1. The van der Waals surface area contributed by atoms with Gasteiger partial charge in [0.25, 0.3) is 0 Å². The summed E-state index contributed by atoms with van der Waals surface area (Å²) in [4.78, 5) is 4.80. The van der Waals surface area contributed by atoms with Crippen LogP contribution in [0.4, 0.5) is 0 Å². The van der Waals surface area contributed by atoms with E-state index in [0.29, 0.717) is 6.54 Å². The van der Waals surface area contributed by atoms with E-state index in [-0.39, 0.29) is 6.04 Å². The number of hydrogen-bond donors (Lipinski definition) is 2. The lowest BCUT2D eigenvalue weighted by molar-refractivity contribution is 0.646. The Hall–Kier alpha value is -1.45. The van der Waals surface area contributed by atoms with Crippen molar-refractivity contribution >= 4 is 10.9 Å². The molecular weight excluding hydrogens is 222 g/mol. The first-order valence-electron chi connectivity index (χ1n) is 6.67. The van der Waals surface area contributed by atoms with Crippen molar-refractivity contribution in [2.24, 2.45) is 11.5 Å². The van der Waals surface area contributed by atoms with Crippen molar-refractivity contribution in [3.63, 3.8) is 0 Å². The maximum absolute atomic E-state index is 6.23. The van der Waals surface area contributed by atoms with Crippen molar-refractivity contribution in [2.75, 3.05) is 6.54 Å². The number of aryl methyl sites for hydroxylation is 1. The molecule has 3 heteroatoms. The predicted octanol–water partition coefficient (Wildman–Crippen LogP) is 2.07. The Bertz CT molecular complexity index is 577. The van der Waals surface area contributed by atoms with Crippen LogP contribution in [-0.4, -0.2) is 11.5 Å². The molecule has 0 aliphatic heterocycles. The van der Waals surface area contributed by atoms with E-state index < -0.39 is 0 Å². The first-order valence-corrected chi connectivity index (χ1v) is 6.67. The van der Waals surface area contributed by atoms with Gasteiger partial charge in [-0.1, -0.05) is 18.2 Å². The summed E-state index contributed by atoms with van der Waals surface area (Å²) in [6.45, 7) is 0.487. The summed E-state index contributed by atoms with van der Waals surface area (Å²) in [7, 11) is 0. The maximum atomic E-state index is 6.23. The Morgan fingerprint density at radius 2 is 1.94 bits per heavy atom. The second kappa shape index (κ2) is 4.67. The molecular formula is C15H19N3. The van der Waals surface area contributed by atoms with Gasteiger partial charge in [-0.05, 0) is 42.9 Å². The van der Waals surface area contributed by atoms with Crippen LogP contribution in [0, 0.1) is 0 Å². The van der Waals surface area contributed by atoms with Gasteiger partial charge in [0.15, 0.2) is 0 Å². The van der Waals surface area contributed by atoms with Crippen molar-refractivity contribution in [1.29, 1.82) is 0 Å². The Kier molecular flexibility index (Phi) is 3.02. The molecule has 94 valence electrons. The van der Waals surface area contributed by atoms with Gasteiger partial charge in [0.05, 0.1) is 5.52 Å². The number of benzene rings is 1. The molecule has 3 rings (SSSR count). The number of rotatable bonds is 2. The summed E-state index contributed by atoms with van der Waals surface area (Å²) in [6.07, 6.45) is 4.63. The van der Waals surface area contributed by atoms with Gasteiger partial charge < -0.3 is 11.5 Å². The molecule has 0 radical (unpaired) electrons. The van der Waals surface area contributed by atoms with Crippen molar-refractivity contribution in [1.82, 2.24) is 4.98 Å². The van der Waals surface area contributed by atoms with Crippen LogP contribution in [-0.2, 0) is 12.8 Å². The summed E-state index contributed by atoms with van der Waals surface area (Å²) < 4.78 is 0. The molecule has 1 atom stereocenters. The summed E-state index contributed by atoms with van der Waals surface area (Å²) in [5.41, 5.74) is 16.9. The molecule has 1 unspecified atom stereocenters. The standard InChI is InChI=1S/C15H19N3/c16-9-12(17)15-10-5-1-3-7-13(10)18-14-8-4-2-6-11(14)15/h1,3,5,7,12H,2,4,6,8-9,16-17H2. The number of aromatic nitrogens is 1. The van der Waals surface area contributed by atoms with Crippen LogP contribution >= 0.6 is 0 Å². The minimum absolute atomic E-state index is 0.0789. The summed E-state index contributed by atoms with van der Waals surface area (Å²) in [5.74, 6) is 0. The zero-order valence-electron chi connectivity index (χ0n) is 10.5. The second-order valence-corrected chi connectivity index (χ2v) is 5.02. The van der Waals surface area contributed by atoms with Crippen LogP contribution < -0.4 is 11.5 Å². The molecule has 1 aromatic carbocycles. The van der Waals surface area contributed by atoms with Crippen LogP contribution in [0.1, 0.15) is 35.7 Å². The van der Waals surface area contributed by atoms with E-state index >= 15 is 0 Å². The highest BCUT2D eigenvalue weighted by molar-refractivity contribution is 5.84. The number of nitrogens with zero attached hydrogens (tertiary/aromatic N) is 1. The molecule has 2 aromatic rings. The highest BCUT2D eigenvalue weighted by Gasteiger charge is 2.20. The highest BCUT2D eigenvalue weighted by atomic mass is 14.8. The van der Waals surface area contributed by atoms with Crippen molar-refractivity contribution in [3.05, 3.63) is 41.1 Å². The third-order valence-electron chi connectivity index (χ3n) is 3.84. The van der Waals surface area contributed by atoms with E-state index in [4.69, 9.17) is 16.5 Å². The third-order valence-corrected chi connectivity index (χ3v) is 3.84. The molecule has 1 aliphatic carbocycles. The van der Waals surface area contributed by atoms with E-state index in [0.717, 1.165) is 18.4 Å². The lowest BCUT2D eigenvalue weighted by atomic mass is 9.87. The van der Waals surface area contributed by atoms with Gasteiger partial charge in [-0.3, -0.25) is 4.98 Å². The van der Waals surface area contributed by atoms with Crippen LogP contribution in [0.25, 0.3) is 10.9 Å². The van der Waals surface area contributed by atoms with E-state index in [1.807, 2.05) is 12.1 Å². The van der Waals surface area contributed by atoms with E-state index in [9.17, 15) is 0 Å². The van der Waals surface area contributed by atoms with Gasteiger partial charge in [0.1, 0.15) is 0 Å². The minimum atomic E-state index is -0.0789. The van der Waals surface area contributed by atoms with Gasteiger partial charge in [-0.25, -0.2) is 0 Å². The fourth-order valence-electron chi connectivity index (χ4n) is 2.95. The molecule has 1 aromatic heterocycles. The molecule has 0 spiro atoms. The third kappa shape index (κ3) is 1.80. The number of pyridine rings is 1. The predicted molar refractivity (Wildman–Crippen MR) is 74.4 cm³/mol. The highest BCUT2D eigenvalue weighted by Crippen LogP contribution is 2.31. The summed E-state index contributed by atoms with van der Waals surface area (Å²) >= 11 is 0. The Labute approximate surface area is 107 Å². The zero-order valence-corrected chi connectivity index (χ0v) is 10.5. The Morgan fingerprint density at radius 1 is 1.17 bits per heavy atom. The molecule has 18 heavy (non-hydrogen) atoms. The summed E-state index contributed by atoms with van der Waals surface area (Å²) in [6, 6.07) is 8.18. The average Bonchev–Trinajstić information content (AvgIpc) is 2.44. The molecule has 3 nitrogen and oxygen atoms in total. The molecule has 1 heterocycles. The van der Waals surface area contributed by atoms with Crippen molar-refractivity contribution in [3.8, 4) is 0 Å². The monoisotopic (exact) mass is 241 g/mol. The SMILES string of the molecule is NCC(N)c1c2c(nc3ccccc13)CCCC2. The van der Waals surface area contributed by atoms with E-state index in [1.165, 1.54) is 35.0 Å². The number of fused-ring (bicyclic) bond motifs is 2. The normalized spacial score (nSPS) is 16.6. The maximum Gasteiger partial charge on any atom is 0.0708 e. The lowest BCUT2D eigenvalue weighted by Gasteiger charge is -2.23. The van der Waals surface area contributed by atoms with Gasteiger partial charge in [0.2, 0.25) is 0 Å². The lowest BCUT2D eigenvalue weighted by Crippen LogP contribution is -2.24. The van der Waals surface area contributed by atoms with Crippen molar-refractivity contribution in [2.45, 2.75) is 31.7 Å². The zero-order chi connectivity index (χ0) is 12.5. The summed E-state index contributed by atoms with van der Waals surface area (Å²) in [5, 5.41) is 1.18. The molecule has 4 N–H and O–H groups in total. The topological polar surface area (TPSA) is 64.9 Å². The van der Waals surface area contributed by atoms with E-state index in [1.54, 1.807) is 0 Å². The van der Waals surface area contributed by atoms with Gasteiger partial charge >= 0.3 is 0 Å². The number of hydrogen-bond acceptors (Lipinski definition) is 3. The molecule has 0 bridgehead atoms. The Balaban J connectivity index is 2.32. The van der Waals surface area contributed by atoms with Crippen molar-refractivity contribution < 1.29 is 0 Å². The molecule has 0 amide bonds. The van der Waals surface area contributed by atoms with Gasteiger partial charge in [0, 0.05) is 23.7 Å². The number of nitrogens with two attached hydrogens (primary N) is 2. The fourth-order valence-corrected chi connectivity index (χ4v) is 2.95. The molecule has 0 saturated carbocycles. The van der Waals surface area contributed by atoms with E-state index in [2.05, 4.69) is 12.1 Å². The smallest absolute Gasteiger partial charge is 0.0708 e. The molecule has 0 saturated heterocycles. The largest absolute Gasteiger partial charge is 0.329 e. The van der Waals surface area contributed by atoms with Crippen LogP contribution in [0.3, 0.4) is 0 Å². The van der Waals surface area contributed by atoms with Crippen LogP contribution in [0.15, 0.2) is 24.3 Å². The van der Waals surface area contributed by atoms with Crippen LogP contribution in [0.5, 0.6) is 0 Å². The minimum Gasteiger partial charge on any atom is -0.329 e. The first-order chi connectivity index (χ1) is 8.81. The quantitative estimate of drug-likeness (QED) is 0.846. The second-order valence-electron chi connectivity index (χ2n) is 5.02.